The van der Waals surface area contributed by atoms with E-state index in [2.05, 4.69) is 9.62 Å². The van der Waals surface area contributed by atoms with Crippen molar-refractivity contribution < 1.29 is 17.6 Å². The molecule has 1 heterocycles. The molecule has 0 saturated carbocycles. The van der Waals surface area contributed by atoms with Gasteiger partial charge in [0.15, 0.2) is 0 Å². The number of benzene rings is 3. The zero-order valence-electron chi connectivity index (χ0n) is 18.1. The minimum Gasteiger partial charge on any atom is -0.368 e. The van der Waals surface area contributed by atoms with E-state index in [-0.39, 0.29) is 17.2 Å². The van der Waals surface area contributed by atoms with Crippen LogP contribution in [0.3, 0.4) is 0 Å². The molecule has 1 N–H and O–H groups in total. The van der Waals surface area contributed by atoms with E-state index in [9.17, 15) is 17.6 Å². The fourth-order valence-corrected chi connectivity index (χ4v) is 5.13. The van der Waals surface area contributed by atoms with E-state index >= 15 is 0 Å². The molecule has 1 atom stereocenters. The summed E-state index contributed by atoms with van der Waals surface area (Å²) in [6, 6.07) is 22.9. The van der Waals surface area contributed by atoms with E-state index in [1.54, 1.807) is 4.90 Å². The SMILES string of the molecule is O=C(C(Cc1ccccc1)NS(=O)(=O)c1ccc(F)cc1)N1CCN(c2ccccc2)CC1. The molecule has 0 spiro atoms. The molecule has 0 aliphatic carbocycles. The van der Waals surface area contributed by atoms with Crippen molar-refractivity contribution in [1.29, 1.82) is 0 Å². The van der Waals surface area contributed by atoms with Crippen LogP contribution in [-0.4, -0.2) is 51.4 Å². The molecular formula is C25H26FN3O3S. The summed E-state index contributed by atoms with van der Waals surface area (Å²) in [5.74, 6) is -0.792. The Balaban J connectivity index is 1.50. The van der Waals surface area contributed by atoms with Crippen LogP contribution in [0, 0.1) is 5.82 Å². The highest BCUT2D eigenvalue weighted by molar-refractivity contribution is 7.89. The molecule has 3 aromatic rings. The molecule has 1 saturated heterocycles. The van der Waals surface area contributed by atoms with E-state index in [1.807, 2.05) is 60.7 Å². The van der Waals surface area contributed by atoms with E-state index in [0.717, 1.165) is 23.4 Å². The maximum Gasteiger partial charge on any atom is 0.241 e. The first-order valence-electron chi connectivity index (χ1n) is 10.8. The van der Waals surface area contributed by atoms with Crippen LogP contribution >= 0.6 is 0 Å². The zero-order valence-corrected chi connectivity index (χ0v) is 18.9. The monoisotopic (exact) mass is 467 g/mol. The van der Waals surface area contributed by atoms with Gasteiger partial charge in [0.2, 0.25) is 15.9 Å². The molecule has 1 unspecified atom stereocenters. The summed E-state index contributed by atoms with van der Waals surface area (Å²) in [4.78, 5) is 17.3. The van der Waals surface area contributed by atoms with Gasteiger partial charge in [-0.2, -0.15) is 4.72 Å². The first-order chi connectivity index (χ1) is 15.9. The van der Waals surface area contributed by atoms with Gasteiger partial charge in [-0.1, -0.05) is 48.5 Å². The Morgan fingerprint density at radius 3 is 2.03 bits per heavy atom. The van der Waals surface area contributed by atoms with Crippen molar-refractivity contribution in [1.82, 2.24) is 9.62 Å². The van der Waals surface area contributed by atoms with Gasteiger partial charge in [0, 0.05) is 31.9 Å². The number of hydrogen-bond acceptors (Lipinski definition) is 4. The number of para-hydroxylation sites is 1. The summed E-state index contributed by atoms with van der Waals surface area (Å²) in [7, 11) is -4.01. The van der Waals surface area contributed by atoms with Gasteiger partial charge in [-0.3, -0.25) is 4.79 Å². The maximum atomic E-state index is 13.4. The van der Waals surface area contributed by atoms with Crippen LogP contribution in [0.25, 0.3) is 0 Å². The lowest BCUT2D eigenvalue weighted by Gasteiger charge is -2.37. The average molecular weight is 468 g/mol. The second-order valence-corrected chi connectivity index (χ2v) is 9.68. The minimum absolute atomic E-state index is 0.0799. The molecule has 172 valence electrons. The quantitative estimate of drug-likeness (QED) is 0.580. The number of rotatable bonds is 7. The number of sulfonamides is 1. The molecule has 1 fully saturated rings. The predicted molar refractivity (Wildman–Crippen MR) is 126 cm³/mol. The van der Waals surface area contributed by atoms with Crippen molar-refractivity contribution >= 4 is 21.6 Å². The van der Waals surface area contributed by atoms with Gasteiger partial charge >= 0.3 is 0 Å². The van der Waals surface area contributed by atoms with Gasteiger partial charge in [0.05, 0.1) is 4.90 Å². The largest absolute Gasteiger partial charge is 0.368 e. The number of carbonyl (C=O) groups excluding carboxylic acids is 1. The topological polar surface area (TPSA) is 69.7 Å². The van der Waals surface area contributed by atoms with Crippen molar-refractivity contribution in [3.63, 3.8) is 0 Å². The lowest BCUT2D eigenvalue weighted by Crippen LogP contribution is -2.55. The number of nitrogens with zero attached hydrogens (tertiary/aromatic N) is 2. The Morgan fingerprint density at radius 1 is 0.848 bits per heavy atom. The molecule has 1 aliphatic rings. The van der Waals surface area contributed by atoms with Crippen LogP contribution < -0.4 is 9.62 Å². The van der Waals surface area contributed by atoms with Crippen LogP contribution in [-0.2, 0) is 21.2 Å². The first-order valence-corrected chi connectivity index (χ1v) is 12.3. The third-order valence-corrected chi connectivity index (χ3v) is 7.20. The molecule has 8 heteroatoms. The van der Waals surface area contributed by atoms with Crippen LogP contribution in [0.1, 0.15) is 5.56 Å². The van der Waals surface area contributed by atoms with Gasteiger partial charge in [-0.15, -0.1) is 0 Å². The maximum absolute atomic E-state index is 13.4. The molecule has 0 aromatic heterocycles. The third kappa shape index (κ3) is 5.77. The first kappa shape index (κ1) is 22.9. The number of nitrogens with one attached hydrogen (secondary N) is 1. The highest BCUT2D eigenvalue weighted by Gasteiger charge is 2.31. The molecule has 3 aromatic carbocycles. The molecule has 33 heavy (non-hydrogen) atoms. The van der Waals surface area contributed by atoms with Gasteiger partial charge in [-0.25, -0.2) is 12.8 Å². The summed E-state index contributed by atoms with van der Waals surface area (Å²) in [5, 5.41) is 0. The molecule has 6 nitrogen and oxygen atoms in total. The van der Waals surface area contributed by atoms with Crippen LogP contribution in [0.5, 0.6) is 0 Å². The lowest BCUT2D eigenvalue weighted by molar-refractivity contribution is -0.133. The Hall–Kier alpha value is -3.23. The lowest BCUT2D eigenvalue weighted by atomic mass is 10.1. The number of anilines is 1. The third-order valence-electron chi connectivity index (χ3n) is 5.71. The van der Waals surface area contributed by atoms with E-state index in [4.69, 9.17) is 0 Å². The molecule has 0 radical (unpaired) electrons. The number of hydrogen-bond donors (Lipinski definition) is 1. The van der Waals surface area contributed by atoms with Crippen LogP contribution in [0.15, 0.2) is 89.8 Å². The summed E-state index contributed by atoms with van der Waals surface area (Å²) >= 11 is 0. The Labute approximate surface area is 193 Å². The van der Waals surface area contributed by atoms with Crippen molar-refractivity contribution in [3.05, 3.63) is 96.3 Å². The van der Waals surface area contributed by atoms with Gasteiger partial charge in [-0.05, 0) is 48.4 Å². The van der Waals surface area contributed by atoms with Crippen molar-refractivity contribution in [2.75, 3.05) is 31.1 Å². The zero-order chi connectivity index (χ0) is 23.3. The van der Waals surface area contributed by atoms with Crippen molar-refractivity contribution in [2.45, 2.75) is 17.4 Å². The fraction of sp³-hybridized carbons (Fsp3) is 0.240. The Kier molecular flexibility index (Phi) is 7.05. The van der Waals surface area contributed by atoms with E-state index in [1.165, 1.54) is 12.1 Å². The minimum atomic E-state index is -4.01. The molecule has 4 rings (SSSR count). The number of carbonyl (C=O) groups is 1. The van der Waals surface area contributed by atoms with Gasteiger partial charge < -0.3 is 9.80 Å². The molecule has 1 amide bonds. The number of halogens is 1. The second kappa shape index (κ2) is 10.1. The fourth-order valence-electron chi connectivity index (χ4n) is 3.94. The van der Waals surface area contributed by atoms with Crippen LogP contribution in [0.4, 0.5) is 10.1 Å². The standard InChI is InChI=1S/C25H26FN3O3S/c26-21-11-13-23(14-12-21)33(31,32)27-24(19-20-7-3-1-4-8-20)25(30)29-17-15-28(16-18-29)22-9-5-2-6-10-22/h1-14,24,27H,15-19H2. The Morgan fingerprint density at radius 2 is 1.42 bits per heavy atom. The summed E-state index contributed by atoms with van der Waals surface area (Å²) in [5.41, 5.74) is 1.95. The van der Waals surface area contributed by atoms with E-state index < -0.39 is 21.9 Å². The van der Waals surface area contributed by atoms with Gasteiger partial charge in [0.1, 0.15) is 11.9 Å². The van der Waals surface area contributed by atoms with Crippen LogP contribution in [0.2, 0.25) is 0 Å². The van der Waals surface area contributed by atoms with Crippen molar-refractivity contribution in [2.24, 2.45) is 0 Å². The van der Waals surface area contributed by atoms with Gasteiger partial charge in [0.25, 0.3) is 0 Å². The normalized spacial score (nSPS) is 15.3. The van der Waals surface area contributed by atoms with Crippen molar-refractivity contribution in [3.8, 4) is 0 Å². The highest BCUT2D eigenvalue weighted by atomic mass is 32.2. The summed E-state index contributed by atoms with van der Waals surface area (Å²) in [6.07, 6.45) is 0.221. The number of piperazine rings is 1. The van der Waals surface area contributed by atoms with E-state index in [0.29, 0.717) is 26.2 Å². The second-order valence-electron chi connectivity index (χ2n) is 7.97. The molecule has 0 bridgehead atoms. The average Bonchev–Trinajstić information content (AvgIpc) is 2.85. The highest BCUT2D eigenvalue weighted by Crippen LogP contribution is 2.18. The molecule has 1 aliphatic heterocycles. The molecular weight excluding hydrogens is 441 g/mol. The summed E-state index contributed by atoms with van der Waals surface area (Å²) < 4.78 is 41.7. The summed E-state index contributed by atoms with van der Waals surface area (Å²) in [6.45, 7) is 2.33. The predicted octanol–water partition coefficient (Wildman–Crippen LogP) is 3.06. The number of amides is 1. The smallest absolute Gasteiger partial charge is 0.241 e. The Bertz CT molecular complexity index is 1160.